The van der Waals surface area contributed by atoms with E-state index in [9.17, 15) is 9.59 Å². The van der Waals surface area contributed by atoms with Gasteiger partial charge in [0.1, 0.15) is 11.8 Å². The van der Waals surface area contributed by atoms with Crippen molar-refractivity contribution in [2.24, 2.45) is 0 Å². The predicted molar refractivity (Wildman–Crippen MR) is 127 cm³/mol. The van der Waals surface area contributed by atoms with Gasteiger partial charge in [0.2, 0.25) is 5.91 Å². The molecular formula is C27H36N2O3. The normalized spacial score (nSPS) is 15.2. The third-order valence-electron chi connectivity index (χ3n) is 6.15. The molecule has 0 unspecified atom stereocenters. The van der Waals surface area contributed by atoms with Crippen LogP contribution < -0.4 is 10.1 Å². The van der Waals surface area contributed by atoms with Crippen LogP contribution in [0.15, 0.2) is 54.6 Å². The number of nitrogens with zero attached hydrogens (tertiary/aromatic N) is 1. The lowest BCUT2D eigenvalue weighted by Gasteiger charge is -2.29. The Bertz CT molecular complexity index is 881. The van der Waals surface area contributed by atoms with Gasteiger partial charge in [-0.1, -0.05) is 76.1 Å². The Hall–Kier alpha value is -2.82. The molecule has 0 saturated heterocycles. The second kappa shape index (κ2) is 10.7. The minimum absolute atomic E-state index is 0.0585. The summed E-state index contributed by atoms with van der Waals surface area (Å²) in [5, 5.41) is 3.12. The number of hydrogen-bond donors (Lipinski definition) is 1. The molecule has 172 valence electrons. The van der Waals surface area contributed by atoms with Crippen LogP contribution in [0.4, 0.5) is 0 Å². The second-order valence-corrected chi connectivity index (χ2v) is 9.74. The highest BCUT2D eigenvalue weighted by Gasteiger charge is 2.28. The summed E-state index contributed by atoms with van der Waals surface area (Å²) in [5.41, 5.74) is 2.25. The SMILES string of the molecule is C[C@@H](C(=O)NC1CCCC1)N(Cc1ccccc1)C(=O)COc1ccc(C(C)(C)C)cc1. The molecule has 0 aliphatic heterocycles. The predicted octanol–water partition coefficient (Wildman–Crippen LogP) is 4.84. The average molecular weight is 437 g/mol. The van der Waals surface area contributed by atoms with E-state index in [4.69, 9.17) is 4.74 Å². The van der Waals surface area contributed by atoms with Crippen molar-refractivity contribution in [3.8, 4) is 5.75 Å². The van der Waals surface area contributed by atoms with E-state index in [0.29, 0.717) is 12.3 Å². The molecule has 1 fully saturated rings. The van der Waals surface area contributed by atoms with E-state index in [1.807, 2.05) is 54.6 Å². The minimum atomic E-state index is -0.574. The van der Waals surface area contributed by atoms with E-state index in [0.717, 1.165) is 31.2 Å². The Balaban J connectivity index is 1.67. The van der Waals surface area contributed by atoms with Gasteiger partial charge in [-0.05, 0) is 48.4 Å². The van der Waals surface area contributed by atoms with Gasteiger partial charge in [-0.3, -0.25) is 9.59 Å². The van der Waals surface area contributed by atoms with Crippen molar-refractivity contribution in [3.05, 3.63) is 65.7 Å². The van der Waals surface area contributed by atoms with Crippen molar-refractivity contribution in [2.75, 3.05) is 6.61 Å². The summed E-state index contributed by atoms with van der Waals surface area (Å²) >= 11 is 0. The van der Waals surface area contributed by atoms with E-state index < -0.39 is 6.04 Å². The minimum Gasteiger partial charge on any atom is -0.484 e. The number of amides is 2. The van der Waals surface area contributed by atoms with Crippen molar-refractivity contribution < 1.29 is 14.3 Å². The number of benzene rings is 2. The van der Waals surface area contributed by atoms with Gasteiger partial charge < -0.3 is 15.0 Å². The van der Waals surface area contributed by atoms with Crippen LogP contribution in [0.3, 0.4) is 0 Å². The summed E-state index contributed by atoms with van der Waals surface area (Å²) in [7, 11) is 0. The first-order valence-electron chi connectivity index (χ1n) is 11.6. The Morgan fingerprint density at radius 1 is 1.03 bits per heavy atom. The van der Waals surface area contributed by atoms with Gasteiger partial charge in [-0.15, -0.1) is 0 Å². The molecule has 0 bridgehead atoms. The maximum Gasteiger partial charge on any atom is 0.261 e. The highest BCUT2D eigenvalue weighted by atomic mass is 16.5. The molecule has 1 aliphatic rings. The molecule has 0 heterocycles. The molecular weight excluding hydrogens is 400 g/mol. The molecule has 2 aromatic rings. The summed E-state index contributed by atoms with van der Waals surface area (Å²) in [6, 6.07) is 17.2. The summed E-state index contributed by atoms with van der Waals surface area (Å²) in [6.07, 6.45) is 4.32. The molecule has 0 spiro atoms. The van der Waals surface area contributed by atoms with Gasteiger partial charge in [0, 0.05) is 12.6 Å². The van der Waals surface area contributed by atoms with E-state index >= 15 is 0 Å². The number of nitrogens with one attached hydrogen (secondary N) is 1. The summed E-state index contributed by atoms with van der Waals surface area (Å²) in [4.78, 5) is 27.7. The van der Waals surface area contributed by atoms with E-state index in [2.05, 4.69) is 26.1 Å². The largest absolute Gasteiger partial charge is 0.484 e. The van der Waals surface area contributed by atoms with Crippen LogP contribution in [0.1, 0.15) is 64.5 Å². The van der Waals surface area contributed by atoms with Gasteiger partial charge in [-0.25, -0.2) is 0 Å². The zero-order valence-electron chi connectivity index (χ0n) is 19.8. The monoisotopic (exact) mass is 436 g/mol. The van der Waals surface area contributed by atoms with Crippen LogP contribution in [-0.2, 0) is 21.5 Å². The lowest BCUT2D eigenvalue weighted by molar-refractivity contribution is -0.142. The molecule has 5 nitrogen and oxygen atoms in total. The molecule has 32 heavy (non-hydrogen) atoms. The fraction of sp³-hybridized carbons (Fsp3) is 0.481. The van der Waals surface area contributed by atoms with E-state index in [1.165, 1.54) is 5.56 Å². The molecule has 0 radical (unpaired) electrons. The maximum absolute atomic E-state index is 13.2. The van der Waals surface area contributed by atoms with Crippen LogP contribution in [0.2, 0.25) is 0 Å². The zero-order chi connectivity index (χ0) is 23.1. The quantitative estimate of drug-likeness (QED) is 0.644. The van der Waals surface area contributed by atoms with Crippen LogP contribution in [-0.4, -0.2) is 35.4 Å². The number of rotatable bonds is 8. The fourth-order valence-electron chi connectivity index (χ4n) is 4.03. The number of carbonyl (C=O) groups excluding carboxylic acids is 2. The number of hydrogen-bond acceptors (Lipinski definition) is 3. The molecule has 2 amide bonds. The van der Waals surface area contributed by atoms with Crippen LogP contribution in [0.5, 0.6) is 5.75 Å². The van der Waals surface area contributed by atoms with Crippen molar-refractivity contribution in [2.45, 2.75) is 77.4 Å². The summed E-state index contributed by atoms with van der Waals surface area (Å²) < 4.78 is 5.79. The van der Waals surface area contributed by atoms with E-state index in [-0.39, 0.29) is 29.9 Å². The standard InChI is InChI=1S/C27H36N2O3/c1-20(26(31)28-23-12-8-9-13-23)29(18-21-10-6-5-7-11-21)25(30)19-32-24-16-14-22(15-17-24)27(2,3)4/h5-7,10-11,14-17,20,23H,8-9,12-13,18-19H2,1-4H3,(H,28,31)/t20-/m0/s1. The van der Waals surface area contributed by atoms with Crippen molar-refractivity contribution >= 4 is 11.8 Å². The molecule has 5 heteroatoms. The highest BCUT2D eigenvalue weighted by molar-refractivity contribution is 5.88. The molecule has 3 rings (SSSR count). The summed E-state index contributed by atoms with van der Waals surface area (Å²) in [5.74, 6) is 0.340. The van der Waals surface area contributed by atoms with Crippen LogP contribution in [0.25, 0.3) is 0 Å². The van der Waals surface area contributed by atoms with Gasteiger partial charge in [0.25, 0.3) is 5.91 Å². The summed E-state index contributed by atoms with van der Waals surface area (Å²) in [6.45, 7) is 8.53. The first kappa shape index (κ1) is 23.8. The fourth-order valence-corrected chi connectivity index (χ4v) is 4.03. The van der Waals surface area contributed by atoms with Crippen LogP contribution >= 0.6 is 0 Å². The number of ether oxygens (including phenoxy) is 1. The zero-order valence-corrected chi connectivity index (χ0v) is 19.8. The molecule has 0 aromatic heterocycles. The topological polar surface area (TPSA) is 58.6 Å². The first-order valence-corrected chi connectivity index (χ1v) is 11.6. The van der Waals surface area contributed by atoms with Gasteiger partial charge in [0.05, 0.1) is 0 Å². The maximum atomic E-state index is 13.2. The average Bonchev–Trinajstić information content (AvgIpc) is 3.28. The van der Waals surface area contributed by atoms with Gasteiger partial charge in [-0.2, -0.15) is 0 Å². The molecule has 1 aliphatic carbocycles. The van der Waals surface area contributed by atoms with Crippen molar-refractivity contribution in [1.82, 2.24) is 10.2 Å². The molecule has 2 aromatic carbocycles. The Morgan fingerprint density at radius 3 is 2.25 bits per heavy atom. The van der Waals surface area contributed by atoms with E-state index in [1.54, 1.807) is 11.8 Å². The molecule has 1 N–H and O–H groups in total. The smallest absolute Gasteiger partial charge is 0.261 e. The molecule has 1 atom stereocenters. The number of carbonyl (C=O) groups is 2. The lowest BCUT2D eigenvalue weighted by Crippen LogP contribution is -2.50. The van der Waals surface area contributed by atoms with Crippen molar-refractivity contribution in [3.63, 3.8) is 0 Å². The Labute approximate surface area is 192 Å². The Kier molecular flexibility index (Phi) is 7.94. The third-order valence-corrected chi connectivity index (χ3v) is 6.15. The first-order chi connectivity index (χ1) is 15.2. The Morgan fingerprint density at radius 2 is 1.66 bits per heavy atom. The second-order valence-electron chi connectivity index (χ2n) is 9.74. The molecule has 1 saturated carbocycles. The van der Waals surface area contributed by atoms with Crippen LogP contribution in [0, 0.1) is 0 Å². The highest BCUT2D eigenvalue weighted by Crippen LogP contribution is 2.24. The van der Waals surface area contributed by atoms with Crippen molar-refractivity contribution in [1.29, 1.82) is 0 Å². The third kappa shape index (κ3) is 6.59. The van der Waals surface area contributed by atoms with Gasteiger partial charge in [0.15, 0.2) is 6.61 Å². The van der Waals surface area contributed by atoms with Gasteiger partial charge >= 0.3 is 0 Å². The lowest BCUT2D eigenvalue weighted by atomic mass is 9.87.